The molecule has 0 saturated heterocycles. The molecule has 1 saturated carbocycles. The molecule has 1 fully saturated rings. The van der Waals surface area contributed by atoms with Gasteiger partial charge in [-0.2, -0.15) is 0 Å². The summed E-state index contributed by atoms with van der Waals surface area (Å²) in [7, 11) is 0. The zero-order chi connectivity index (χ0) is 15.5. The zero-order valence-electron chi connectivity index (χ0n) is 11.3. The summed E-state index contributed by atoms with van der Waals surface area (Å²) in [6.45, 7) is -0.347. The maximum Gasteiger partial charge on any atom is 0.329 e. The van der Waals surface area contributed by atoms with Crippen LogP contribution in [0.2, 0.25) is 0 Å². The number of benzene rings is 1. The summed E-state index contributed by atoms with van der Waals surface area (Å²) in [5, 5.41) is 13.9. The minimum atomic E-state index is -1.28. The Labute approximate surface area is 120 Å². The number of urea groups is 1. The normalized spacial score (nSPS) is 16.5. The second kappa shape index (κ2) is 6.07. The summed E-state index contributed by atoms with van der Waals surface area (Å²) in [5.41, 5.74) is -1.54. The zero-order valence-corrected chi connectivity index (χ0v) is 11.3. The quantitative estimate of drug-likeness (QED) is 0.797. The lowest BCUT2D eigenvalue weighted by Gasteiger charge is -2.25. The van der Waals surface area contributed by atoms with Crippen molar-refractivity contribution in [1.82, 2.24) is 10.6 Å². The summed E-state index contributed by atoms with van der Waals surface area (Å²) in [6.07, 6.45) is 2.14. The first-order valence-electron chi connectivity index (χ1n) is 6.67. The van der Waals surface area contributed by atoms with Gasteiger partial charge in [-0.25, -0.2) is 18.4 Å². The van der Waals surface area contributed by atoms with Gasteiger partial charge in [-0.1, -0.05) is 18.9 Å². The van der Waals surface area contributed by atoms with Gasteiger partial charge in [0.1, 0.15) is 17.2 Å². The number of nitrogens with one attached hydrogen (secondary N) is 2. The maximum atomic E-state index is 13.4. The van der Waals surface area contributed by atoms with E-state index in [0.29, 0.717) is 25.7 Å². The predicted octanol–water partition coefficient (Wildman–Crippen LogP) is 2.16. The Morgan fingerprint density at radius 1 is 1.19 bits per heavy atom. The third-order valence-electron chi connectivity index (χ3n) is 3.71. The van der Waals surface area contributed by atoms with Crippen LogP contribution in [-0.4, -0.2) is 22.6 Å². The fraction of sp³-hybridized carbons (Fsp3) is 0.429. The number of halogens is 2. The van der Waals surface area contributed by atoms with Gasteiger partial charge in [-0.3, -0.25) is 0 Å². The Bertz CT molecular complexity index is 537. The van der Waals surface area contributed by atoms with Crippen LogP contribution in [0.5, 0.6) is 0 Å². The van der Waals surface area contributed by atoms with Gasteiger partial charge in [-0.05, 0) is 25.0 Å². The summed E-state index contributed by atoms with van der Waals surface area (Å²) in [5.74, 6) is -2.61. The third-order valence-corrected chi connectivity index (χ3v) is 3.71. The van der Waals surface area contributed by atoms with Gasteiger partial charge in [0, 0.05) is 5.56 Å². The van der Waals surface area contributed by atoms with E-state index >= 15 is 0 Å². The molecule has 2 rings (SSSR count). The van der Waals surface area contributed by atoms with E-state index in [0.717, 1.165) is 12.1 Å². The van der Waals surface area contributed by atoms with Gasteiger partial charge in [0.05, 0.1) is 6.54 Å². The number of amides is 2. The highest BCUT2D eigenvalue weighted by Gasteiger charge is 2.42. The van der Waals surface area contributed by atoms with E-state index < -0.39 is 29.2 Å². The van der Waals surface area contributed by atoms with Crippen molar-refractivity contribution < 1.29 is 23.5 Å². The Hall–Kier alpha value is -2.18. The summed E-state index contributed by atoms with van der Waals surface area (Å²) in [6, 6.07) is 2.66. The molecule has 1 aliphatic rings. The molecule has 0 aromatic heterocycles. The van der Waals surface area contributed by atoms with Crippen molar-refractivity contribution in [1.29, 1.82) is 0 Å². The van der Waals surface area contributed by atoms with Gasteiger partial charge < -0.3 is 15.7 Å². The number of carbonyl (C=O) groups excluding carboxylic acids is 1. The molecule has 0 heterocycles. The molecule has 21 heavy (non-hydrogen) atoms. The largest absolute Gasteiger partial charge is 0.480 e. The van der Waals surface area contributed by atoms with Gasteiger partial charge in [0.15, 0.2) is 0 Å². The summed E-state index contributed by atoms with van der Waals surface area (Å²) >= 11 is 0. The molecule has 7 heteroatoms. The number of hydrogen-bond acceptors (Lipinski definition) is 2. The minimum absolute atomic E-state index is 0.261. The highest BCUT2D eigenvalue weighted by atomic mass is 19.1. The van der Waals surface area contributed by atoms with E-state index in [-0.39, 0.29) is 12.1 Å². The molecule has 3 N–H and O–H groups in total. The Morgan fingerprint density at radius 2 is 1.76 bits per heavy atom. The molecule has 0 unspecified atom stereocenters. The molecule has 1 aromatic rings. The number of carbonyl (C=O) groups is 2. The van der Waals surface area contributed by atoms with Crippen LogP contribution >= 0.6 is 0 Å². The maximum absolute atomic E-state index is 13.4. The van der Waals surface area contributed by atoms with Crippen molar-refractivity contribution >= 4 is 12.0 Å². The van der Waals surface area contributed by atoms with Crippen LogP contribution in [0.1, 0.15) is 31.2 Å². The molecule has 1 aliphatic carbocycles. The molecule has 0 atom stereocenters. The number of carboxylic acid groups (broad SMARTS) is 1. The Morgan fingerprint density at radius 3 is 2.29 bits per heavy atom. The lowest BCUT2D eigenvalue weighted by atomic mass is 9.98. The van der Waals surface area contributed by atoms with Crippen molar-refractivity contribution in [3.63, 3.8) is 0 Å². The van der Waals surface area contributed by atoms with Crippen LogP contribution < -0.4 is 10.6 Å². The molecule has 2 amide bonds. The predicted molar refractivity (Wildman–Crippen MR) is 70.6 cm³/mol. The highest BCUT2D eigenvalue weighted by Crippen LogP contribution is 2.29. The number of carboxylic acids is 1. The van der Waals surface area contributed by atoms with Gasteiger partial charge in [0.2, 0.25) is 0 Å². The number of rotatable bonds is 4. The minimum Gasteiger partial charge on any atom is -0.480 e. The average Bonchev–Trinajstić information content (AvgIpc) is 2.88. The second-order valence-corrected chi connectivity index (χ2v) is 5.10. The Kier molecular flexibility index (Phi) is 4.40. The van der Waals surface area contributed by atoms with Crippen molar-refractivity contribution in [3.05, 3.63) is 35.4 Å². The fourth-order valence-corrected chi connectivity index (χ4v) is 2.50. The van der Waals surface area contributed by atoms with Crippen LogP contribution in [0.15, 0.2) is 18.2 Å². The molecule has 0 bridgehead atoms. The van der Waals surface area contributed by atoms with Crippen LogP contribution in [0.25, 0.3) is 0 Å². The van der Waals surface area contributed by atoms with Crippen molar-refractivity contribution in [2.45, 2.75) is 37.8 Å². The number of hydrogen-bond donors (Lipinski definition) is 3. The van der Waals surface area contributed by atoms with E-state index in [4.69, 9.17) is 0 Å². The first-order chi connectivity index (χ1) is 9.94. The van der Waals surface area contributed by atoms with Crippen LogP contribution in [0, 0.1) is 11.6 Å². The molecular weight excluding hydrogens is 282 g/mol. The third kappa shape index (κ3) is 3.29. The molecule has 114 valence electrons. The monoisotopic (exact) mass is 298 g/mol. The van der Waals surface area contributed by atoms with Crippen LogP contribution in [0.3, 0.4) is 0 Å². The van der Waals surface area contributed by atoms with E-state index in [1.807, 2.05) is 0 Å². The van der Waals surface area contributed by atoms with E-state index in [9.17, 15) is 23.5 Å². The van der Waals surface area contributed by atoms with Gasteiger partial charge in [-0.15, -0.1) is 0 Å². The van der Waals surface area contributed by atoms with E-state index in [1.54, 1.807) is 0 Å². The number of aliphatic carboxylic acids is 1. The van der Waals surface area contributed by atoms with Crippen LogP contribution in [-0.2, 0) is 11.3 Å². The lowest BCUT2D eigenvalue weighted by Crippen LogP contribution is -2.55. The lowest BCUT2D eigenvalue weighted by molar-refractivity contribution is -0.144. The van der Waals surface area contributed by atoms with E-state index in [1.165, 1.54) is 6.07 Å². The molecule has 5 nitrogen and oxygen atoms in total. The summed E-state index contributed by atoms with van der Waals surface area (Å²) in [4.78, 5) is 23.1. The van der Waals surface area contributed by atoms with Gasteiger partial charge in [0.25, 0.3) is 0 Å². The van der Waals surface area contributed by atoms with Crippen molar-refractivity contribution in [2.75, 3.05) is 0 Å². The highest BCUT2D eigenvalue weighted by molar-refractivity contribution is 5.86. The molecule has 0 aliphatic heterocycles. The topological polar surface area (TPSA) is 78.4 Å². The Balaban J connectivity index is 1.98. The molecule has 0 radical (unpaired) electrons. The standard InChI is InChI=1S/C14H16F2N2O3/c15-10-4-3-5-11(16)9(10)8-17-13(21)18-14(12(19)20)6-1-2-7-14/h3-5H,1-2,6-8H2,(H,19,20)(H2,17,18,21). The molecular formula is C14H16F2N2O3. The average molecular weight is 298 g/mol. The first kappa shape index (κ1) is 15.2. The second-order valence-electron chi connectivity index (χ2n) is 5.10. The van der Waals surface area contributed by atoms with Crippen LogP contribution in [0.4, 0.5) is 13.6 Å². The van der Waals surface area contributed by atoms with Crippen molar-refractivity contribution in [2.24, 2.45) is 0 Å². The smallest absolute Gasteiger partial charge is 0.329 e. The van der Waals surface area contributed by atoms with E-state index in [2.05, 4.69) is 10.6 Å². The van der Waals surface area contributed by atoms with Gasteiger partial charge >= 0.3 is 12.0 Å². The van der Waals surface area contributed by atoms with Crippen molar-refractivity contribution in [3.8, 4) is 0 Å². The molecule has 0 spiro atoms. The summed E-state index contributed by atoms with van der Waals surface area (Å²) < 4.78 is 26.8. The fourth-order valence-electron chi connectivity index (χ4n) is 2.50. The molecule has 1 aromatic carbocycles. The SMILES string of the molecule is O=C(NCc1c(F)cccc1F)NC1(C(=O)O)CCCC1. The first-order valence-corrected chi connectivity index (χ1v) is 6.67.